The van der Waals surface area contributed by atoms with Gasteiger partial charge in [-0.2, -0.15) is 0 Å². The number of aliphatic carboxylic acids is 1. The smallest absolute Gasteiger partial charge is 0.304 e. The van der Waals surface area contributed by atoms with Crippen molar-refractivity contribution in [1.82, 2.24) is 5.32 Å². The summed E-state index contributed by atoms with van der Waals surface area (Å²) < 4.78 is 0. The molecule has 0 fully saturated rings. The Labute approximate surface area is 86.9 Å². The minimum Gasteiger partial charge on any atom is -0.481 e. The van der Waals surface area contributed by atoms with Gasteiger partial charge in [-0.25, -0.2) is 0 Å². The first kappa shape index (κ1) is 13.4. The summed E-state index contributed by atoms with van der Waals surface area (Å²) in [4.78, 5) is 10.6. The second-order valence-electron chi connectivity index (χ2n) is 3.74. The summed E-state index contributed by atoms with van der Waals surface area (Å²) in [6.07, 6.45) is 5.82. The van der Waals surface area contributed by atoms with Gasteiger partial charge in [-0.05, 0) is 19.4 Å². The Morgan fingerprint density at radius 1 is 1.29 bits per heavy atom. The fourth-order valence-electron chi connectivity index (χ4n) is 1.48. The molecule has 0 radical (unpaired) electrons. The van der Waals surface area contributed by atoms with Gasteiger partial charge < -0.3 is 10.4 Å². The molecule has 0 rings (SSSR count). The molecule has 0 aromatic heterocycles. The highest BCUT2D eigenvalue weighted by Gasteiger charge is 2.11. The van der Waals surface area contributed by atoms with Crippen molar-refractivity contribution in [3.63, 3.8) is 0 Å². The number of carbonyl (C=O) groups is 1. The van der Waals surface area contributed by atoms with E-state index in [1.807, 2.05) is 0 Å². The zero-order valence-electron chi connectivity index (χ0n) is 9.38. The van der Waals surface area contributed by atoms with Crippen LogP contribution in [-0.2, 0) is 4.79 Å². The van der Waals surface area contributed by atoms with E-state index in [2.05, 4.69) is 19.2 Å². The van der Waals surface area contributed by atoms with E-state index in [0.717, 1.165) is 25.8 Å². The van der Waals surface area contributed by atoms with Gasteiger partial charge >= 0.3 is 5.97 Å². The predicted molar refractivity (Wildman–Crippen MR) is 58.5 cm³/mol. The Morgan fingerprint density at radius 2 is 2.00 bits per heavy atom. The van der Waals surface area contributed by atoms with E-state index in [9.17, 15) is 4.79 Å². The number of carboxylic acids is 1. The molecule has 1 unspecified atom stereocenters. The Balaban J connectivity index is 3.66. The van der Waals surface area contributed by atoms with Crippen LogP contribution in [0, 0.1) is 0 Å². The fourth-order valence-corrected chi connectivity index (χ4v) is 1.48. The van der Waals surface area contributed by atoms with Crippen molar-refractivity contribution in [2.24, 2.45) is 0 Å². The minimum atomic E-state index is -0.699. The quantitative estimate of drug-likeness (QED) is 0.563. The van der Waals surface area contributed by atoms with Gasteiger partial charge in [0.15, 0.2) is 0 Å². The Kier molecular flexibility index (Phi) is 8.64. The van der Waals surface area contributed by atoms with Crippen LogP contribution >= 0.6 is 0 Å². The fraction of sp³-hybridized carbons (Fsp3) is 0.909. The minimum absolute atomic E-state index is 0.166. The van der Waals surface area contributed by atoms with Crippen LogP contribution in [0.4, 0.5) is 0 Å². The average Bonchev–Trinajstić information content (AvgIpc) is 2.13. The van der Waals surface area contributed by atoms with Gasteiger partial charge in [0.1, 0.15) is 0 Å². The van der Waals surface area contributed by atoms with Gasteiger partial charge in [0.25, 0.3) is 0 Å². The number of unbranched alkanes of at least 4 members (excludes halogenated alkanes) is 2. The second-order valence-corrected chi connectivity index (χ2v) is 3.74. The van der Waals surface area contributed by atoms with Gasteiger partial charge in [0.05, 0.1) is 6.42 Å². The molecule has 0 heterocycles. The SMILES string of the molecule is CCCCCC(CC(=O)O)NCCC. The Bertz CT molecular complexity index is 148. The van der Waals surface area contributed by atoms with Crippen LogP contribution in [0.15, 0.2) is 0 Å². The lowest BCUT2D eigenvalue weighted by atomic mass is 10.1. The molecule has 0 amide bonds. The van der Waals surface area contributed by atoms with Crippen molar-refractivity contribution in [1.29, 1.82) is 0 Å². The van der Waals surface area contributed by atoms with E-state index in [1.54, 1.807) is 0 Å². The molecule has 0 aliphatic carbocycles. The highest BCUT2D eigenvalue weighted by Crippen LogP contribution is 2.06. The molecule has 0 bridgehead atoms. The van der Waals surface area contributed by atoms with Crippen molar-refractivity contribution >= 4 is 5.97 Å². The molecule has 0 saturated heterocycles. The molecule has 1 atom stereocenters. The largest absolute Gasteiger partial charge is 0.481 e. The molecule has 0 saturated carbocycles. The monoisotopic (exact) mass is 201 g/mol. The summed E-state index contributed by atoms with van der Waals surface area (Å²) >= 11 is 0. The molecule has 0 aliphatic rings. The maximum atomic E-state index is 10.6. The van der Waals surface area contributed by atoms with E-state index in [1.165, 1.54) is 12.8 Å². The van der Waals surface area contributed by atoms with Crippen LogP contribution < -0.4 is 5.32 Å². The van der Waals surface area contributed by atoms with E-state index >= 15 is 0 Å². The summed E-state index contributed by atoms with van der Waals surface area (Å²) in [5, 5.41) is 12.0. The lowest BCUT2D eigenvalue weighted by Crippen LogP contribution is -2.31. The molecule has 3 heteroatoms. The van der Waals surface area contributed by atoms with Gasteiger partial charge in [0.2, 0.25) is 0 Å². The second kappa shape index (κ2) is 9.00. The molecular weight excluding hydrogens is 178 g/mol. The van der Waals surface area contributed by atoms with E-state index in [0.29, 0.717) is 0 Å². The molecule has 0 aromatic carbocycles. The molecule has 0 spiro atoms. The van der Waals surface area contributed by atoms with E-state index in [4.69, 9.17) is 5.11 Å². The third-order valence-electron chi connectivity index (χ3n) is 2.26. The first-order valence-corrected chi connectivity index (χ1v) is 5.65. The molecule has 0 aliphatic heterocycles. The van der Waals surface area contributed by atoms with E-state index in [-0.39, 0.29) is 12.5 Å². The number of rotatable bonds is 9. The number of hydrogen-bond acceptors (Lipinski definition) is 2. The number of hydrogen-bond donors (Lipinski definition) is 2. The summed E-state index contributed by atoms with van der Waals surface area (Å²) in [6, 6.07) is 0.166. The number of carboxylic acid groups (broad SMARTS) is 1. The summed E-state index contributed by atoms with van der Waals surface area (Å²) in [5.74, 6) is -0.699. The van der Waals surface area contributed by atoms with Crippen molar-refractivity contribution in [3.8, 4) is 0 Å². The van der Waals surface area contributed by atoms with Crippen LogP contribution in [0.5, 0.6) is 0 Å². The Hall–Kier alpha value is -0.570. The van der Waals surface area contributed by atoms with Crippen molar-refractivity contribution in [3.05, 3.63) is 0 Å². The molecular formula is C11H23NO2. The first-order valence-electron chi connectivity index (χ1n) is 5.65. The van der Waals surface area contributed by atoms with Gasteiger partial charge in [0, 0.05) is 6.04 Å². The standard InChI is InChI=1S/C11H23NO2/c1-3-5-6-7-10(9-11(13)14)12-8-4-2/h10,12H,3-9H2,1-2H3,(H,13,14). The van der Waals surface area contributed by atoms with Crippen LogP contribution in [0.1, 0.15) is 52.4 Å². The average molecular weight is 201 g/mol. The van der Waals surface area contributed by atoms with Crippen LogP contribution in [0.3, 0.4) is 0 Å². The zero-order chi connectivity index (χ0) is 10.8. The lowest BCUT2D eigenvalue weighted by Gasteiger charge is -2.15. The highest BCUT2D eigenvalue weighted by atomic mass is 16.4. The molecule has 3 nitrogen and oxygen atoms in total. The maximum Gasteiger partial charge on any atom is 0.304 e. The topological polar surface area (TPSA) is 49.3 Å². The third-order valence-corrected chi connectivity index (χ3v) is 2.26. The summed E-state index contributed by atoms with van der Waals surface area (Å²) in [5.41, 5.74) is 0. The van der Waals surface area contributed by atoms with Crippen LogP contribution in [0.25, 0.3) is 0 Å². The lowest BCUT2D eigenvalue weighted by molar-refractivity contribution is -0.137. The van der Waals surface area contributed by atoms with Crippen molar-refractivity contribution in [2.75, 3.05) is 6.54 Å². The first-order chi connectivity index (χ1) is 6.70. The molecule has 14 heavy (non-hydrogen) atoms. The molecule has 2 N–H and O–H groups in total. The molecule has 84 valence electrons. The van der Waals surface area contributed by atoms with Gasteiger partial charge in [-0.1, -0.05) is 33.1 Å². The zero-order valence-corrected chi connectivity index (χ0v) is 9.38. The van der Waals surface area contributed by atoms with Crippen LogP contribution in [0.2, 0.25) is 0 Å². The van der Waals surface area contributed by atoms with Crippen molar-refractivity contribution in [2.45, 2.75) is 58.4 Å². The van der Waals surface area contributed by atoms with Gasteiger partial charge in [-0.3, -0.25) is 4.79 Å². The maximum absolute atomic E-state index is 10.6. The predicted octanol–water partition coefficient (Wildman–Crippen LogP) is 2.41. The Morgan fingerprint density at radius 3 is 2.50 bits per heavy atom. The summed E-state index contributed by atoms with van der Waals surface area (Å²) in [6.45, 7) is 5.17. The van der Waals surface area contributed by atoms with Gasteiger partial charge in [-0.15, -0.1) is 0 Å². The number of nitrogens with one attached hydrogen (secondary N) is 1. The molecule has 0 aromatic rings. The van der Waals surface area contributed by atoms with E-state index < -0.39 is 5.97 Å². The summed E-state index contributed by atoms with van der Waals surface area (Å²) in [7, 11) is 0. The third kappa shape index (κ3) is 8.05. The highest BCUT2D eigenvalue weighted by molar-refractivity contribution is 5.67. The normalized spacial score (nSPS) is 12.7. The van der Waals surface area contributed by atoms with Crippen LogP contribution in [-0.4, -0.2) is 23.7 Å². The van der Waals surface area contributed by atoms with Crippen molar-refractivity contribution < 1.29 is 9.90 Å².